The average molecular weight is 1230 g/mol. The van der Waals surface area contributed by atoms with Crippen molar-refractivity contribution in [2.45, 2.75) is 45.4 Å². The molecule has 0 fully saturated rings. The van der Waals surface area contributed by atoms with Crippen molar-refractivity contribution in [2.75, 3.05) is 24.5 Å². The van der Waals surface area contributed by atoms with Gasteiger partial charge in [-0.3, -0.25) is 0 Å². The van der Waals surface area contributed by atoms with Crippen molar-refractivity contribution in [3.63, 3.8) is 0 Å². The van der Waals surface area contributed by atoms with Crippen LogP contribution in [0.2, 0.25) is 0 Å². The maximum atomic E-state index is 2.65. The van der Waals surface area contributed by atoms with Crippen LogP contribution < -0.4 is 42.1 Å². The van der Waals surface area contributed by atoms with Crippen LogP contribution in [0.15, 0.2) is 303 Å². The van der Waals surface area contributed by atoms with Gasteiger partial charge in [0.1, 0.15) is 0 Å². The van der Waals surface area contributed by atoms with Crippen LogP contribution in [0.3, 0.4) is 0 Å². The van der Waals surface area contributed by atoms with E-state index in [9.17, 15) is 0 Å². The SMILES string of the molecule is Cc1ccc(N2c3cccc4[c]3[Ge]3([c]5ccccc5)[c]5c2cccc5N(c2ccc5c(c2)-c2ccc(N(c6ccccc6)c6ccccc6)cc2C5(C)C)c2cccc([c]23)N4c2ccc3c(c2)-c2cc(N(c4ccccc4)c4ccccc4)ccc2C3(C)C)cc1. The first-order valence-corrected chi connectivity index (χ1v) is 36.1. The fourth-order valence-electron chi connectivity index (χ4n) is 16.5. The van der Waals surface area contributed by atoms with Crippen LogP contribution in [-0.4, -0.2) is 13.3 Å². The number of para-hydroxylation sites is 4. The first-order valence-electron chi connectivity index (χ1n) is 31.9. The first-order chi connectivity index (χ1) is 44.6. The Bertz CT molecular complexity index is 5010. The van der Waals surface area contributed by atoms with Crippen molar-refractivity contribution < 1.29 is 0 Å². The molecule has 0 bridgehead atoms. The molecule has 0 saturated heterocycles. The quantitative estimate of drug-likeness (QED) is 0.127. The Morgan fingerprint density at radius 2 is 0.593 bits per heavy atom. The van der Waals surface area contributed by atoms with E-state index in [1.165, 1.54) is 102 Å². The van der Waals surface area contributed by atoms with Crippen LogP contribution in [0.1, 0.15) is 55.5 Å². The van der Waals surface area contributed by atoms with Crippen LogP contribution in [0.5, 0.6) is 0 Å². The molecule has 91 heavy (non-hydrogen) atoms. The zero-order valence-electron chi connectivity index (χ0n) is 51.6. The molecule has 5 nitrogen and oxygen atoms in total. The van der Waals surface area contributed by atoms with Gasteiger partial charge in [-0.1, -0.05) is 72.8 Å². The van der Waals surface area contributed by atoms with E-state index >= 15 is 0 Å². The molecule has 3 heterocycles. The molecule has 13 aromatic carbocycles. The molecule has 0 aromatic heterocycles. The standard InChI is InChI=1S/C85H65GeN5/c1-56-40-42-62(43-41-56)89-75-34-21-36-77-81(75)86(57-24-11-6-12-25-57)82-76(89)35-22-37-78(82)91(65-47-51-73-70(54-65)69-52-63(45-49-72(69)84(73,2)3)87(58-26-13-7-14-27-58)59-28-15-8-16-29-59)80-39-23-38-79(83(80)86)90(77)64-46-50-71-68(53-64)67-48-44-66(55-74(67)85(71,4)5)88(60-30-17-9-18-31-60)61-32-19-10-20-33-61/h6-55H,1-5H3. The second-order valence-electron chi connectivity index (χ2n) is 26.2. The number of hydrogen-bond acceptors (Lipinski definition) is 5. The van der Waals surface area contributed by atoms with Gasteiger partial charge >= 0.3 is 442 Å². The number of benzene rings is 13. The number of aryl methyl sites for hydroxylation is 1. The minimum atomic E-state index is -4.14. The molecule has 3 aliphatic heterocycles. The van der Waals surface area contributed by atoms with Gasteiger partial charge in [0.2, 0.25) is 0 Å². The van der Waals surface area contributed by atoms with Crippen molar-refractivity contribution in [1.82, 2.24) is 0 Å². The summed E-state index contributed by atoms with van der Waals surface area (Å²) in [6.45, 7) is 11.8. The number of hydrogen-bond donors (Lipinski definition) is 0. The molecule has 1 atom stereocenters. The van der Waals surface area contributed by atoms with E-state index in [0.717, 1.165) is 51.2 Å². The Kier molecular flexibility index (Phi) is 11.7. The number of rotatable bonds is 10. The molecule has 2 aliphatic carbocycles. The van der Waals surface area contributed by atoms with Gasteiger partial charge < -0.3 is 0 Å². The number of nitrogens with zero attached hydrogens (tertiary/aromatic N) is 5. The van der Waals surface area contributed by atoms with Gasteiger partial charge in [-0.05, 0) is 24.3 Å². The van der Waals surface area contributed by atoms with Crippen LogP contribution in [0, 0.1) is 6.92 Å². The molecule has 0 spiro atoms. The summed E-state index contributed by atoms with van der Waals surface area (Å²) < 4.78 is 5.80. The van der Waals surface area contributed by atoms with Crippen LogP contribution in [-0.2, 0) is 10.8 Å². The fraction of sp³-hybridized carbons (Fsp3) is 0.0824. The zero-order chi connectivity index (χ0) is 60.9. The first kappa shape index (κ1) is 53.4. The van der Waals surface area contributed by atoms with E-state index in [4.69, 9.17) is 0 Å². The zero-order valence-corrected chi connectivity index (χ0v) is 53.7. The van der Waals surface area contributed by atoms with Gasteiger partial charge in [-0.2, -0.15) is 0 Å². The van der Waals surface area contributed by atoms with E-state index in [-0.39, 0.29) is 10.8 Å². The Morgan fingerprint density at radius 1 is 0.264 bits per heavy atom. The molecule has 5 aliphatic rings. The van der Waals surface area contributed by atoms with Gasteiger partial charge in [0.05, 0.1) is 0 Å². The van der Waals surface area contributed by atoms with Crippen molar-refractivity contribution in [3.8, 4) is 22.3 Å². The third-order valence-corrected chi connectivity index (χ3v) is 31.0. The number of fused-ring (bicyclic) bond motifs is 6. The fourth-order valence-corrected chi connectivity index (χ4v) is 28.6. The van der Waals surface area contributed by atoms with Crippen molar-refractivity contribution in [1.29, 1.82) is 0 Å². The van der Waals surface area contributed by atoms with E-state index in [2.05, 4.69) is 362 Å². The van der Waals surface area contributed by atoms with Crippen LogP contribution >= 0.6 is 0 Å². The predicted octanol–water partition coefficient (Wildman–Crippen LogP) is 20.3. The summed E-state index contributed by atoms with van der Waals surface area (Å²) in [5.41, 5.74) is 28.9. The monoisotopic (exact) mass is 1230 g/mol. The van der Waals surface area contributed by atoms with E-state index in [1.807, 2.05) is 0 Å². The molecule has 0 radical (unpaired) electrons. The van der Waals surface area contributed by atoms with Crippen molar-refractivity contribution in [3.05, 3.63) is 331 Å². The van der Waals surface area contributed by atoms with Gasteiger partial charge in [0.25, 0.3) is 0 Å². The van der Waals surface area contributed by atoms with Crippen LogP contribution in [0.25, 0.3) is 22.3 Å². The molecule has 434 valence electrons. The summed E-state index contributed by atoms with van der Waals surface area (Å²) in [4.78, 5) is 12.7. The van der Waals surface area contributed by atoms with Gasteiger partial charge in [-0.15, -0.1) is 0 Å². The molecule has 0 N–H and O–H groups in total. The Labute approximate surface area is 536 Å². The third kappa shape index (κ3) is 7.65. The average Bonchev–Trinajstić information content (AvgIpc) is 0.705. The van der Waals surface area contributed by atoms with E-state index in [0.29, 0.717) is 0 Å². The summed E-state index contributed by atoms with van der Waals surface area (Å²) in [5, 5.41) is 0. The molecule has 18 rings (SSSR count). The van der Waals surface area contributed by atoms with E-state index in [1.54, 1.807) is 0 Å². The summed E-state index contributed by atoms with van der Waals surface area (Å²) >= 11 is -4.14. The molecule has 6 heteroatoms. The molecular formula is C85H65GeN5. The minimum absolute atomic E-state index is 0.225. The maximum absolute atomic E-state index is 4.14. The molecule has 0 saturated carbocycles. The van der Waals surface area contributed by atoms with Crippen molar-refractivity contribution in [2.24, 2.45) is 0 Å². The topological polar surface area (TPSA) is 16.2 Å². The Morgan fingerprint density at radius 3 is 1.02 bits per heavy atom. The van der Waals surface area contributed by atoms with Crippen molar-refractivity contribution >= 4 is 116 Å². The normalized spacial score (nSPS) is 15.9. The number of anilines is 15. The van der Waals surface area contributed by atoms with Gasteiger partial charge in [-0.25, -0.2) is 0 Å². The third-order valence-electron chi connectivity index (χ3n) is 20.5. The Balaban J connectivity index is 0.868. The Hall–Kier alpha value is -10.6. The van der Waals surface area contributed by atoms with E-state index < -0.39 is 13.3 Å². The van der Waals surface area contributed by atoms with Gasteiger partial charge in [0.15, 0.2) is 0 Å². The second-order valence-corrected chi connectivity index (χ2v) is 33.7. The predicted molar refractivity (Wildman–Crippen MR) is 384 cm³/mol. The molecule has 0 amide bonds. The van der Waals surface area contributed by atoms with Crippen LogP contribution in [0.4, 0.5) is 85.3 Å². The summed E-state index contributed by atoms with van der Waals surface area (Å²) in [6, 6.07) is 115. The summed E-state index contributed by atoms with van der Waals surface area (Å²) in [6.07, 6.45) is 0. The summed E-state index contributed by atoms with van der Waals surface area (Å²) in [5.74, 6) is 0. The summed E-state index contributed by atoms with van der Waals surface area (Å²) in [7, 11) is 0. The van der Waals surface area contributed by atoms with Gasteiger partial charge in [0, 0.05) is 0 Å². The second kappa shape index (κ2) is 20.0. The molecule has 13 aromatic rings. The molecule has 1 unspecified atom stereocenters. The molecular weight excluding hydrogens is 1160 g/mol.